The third-order valence-corrected chi connectivity index (χ3v) is 24.0. The van der Waals surface area contributed by atoms with E-state index in [0.29, 0.717) is 0 Å². The van der Waals surface area contributed by atoms with Gasteiger partial charge in [-0.05, 0) is 136 Å². The molecule has 0 aliphatic carbocycles. The number of hydrogen-bond acceptors (Lipinski definition) is 3. The second kappa shape index (κ2) is 40.5. The van der Waals surface area contributed by atoms with Crippen LogP contribution in [0, 0.1) is 0 Å². The molecule has 0 heterocycles. The SMILES string of the molecule is CCN(CC)CC.O.[Cl][Pt][Cl].[Cl][Pt][Cl].c1ccc(P(CN(CP(c2ccccc2)c2ccccc2)c2ccc(Cc3ccc(N(CP(c4ccccc4)c4ccccc4)CP(c4ccccc4)c4ccccc4)cc3)cc2)c2ccccc2)cc1. The summed E-state index contributed by atoms with van der Waals surface area (Å²) in [7, 11) is 16.8. The molecule has 0 amide bonds. The van der Waals surface area contributed by atoms with Crippen molar-refractivity contribution in [2.45, 2.75) is 27.2 Å². The molecule has 0 aromatic heterocycles. The van der Waals surface area contributed by atoms with Crippen LogP contribution in [-0.4, -0.2) is 55.2 Å². The smallest absolute Gasteiger partial charge is 0.0463 e. The minimum Gasteiger partial charge on any atom is -0.362 e. The Balaban J connectivity index is 0.000000751. The van der Waals surface area contributed by atoms with Gasteiger partial charge in [0.05, 0.1) is 0 Å². The summed E-state index contributed by atoms with van der Waals surface area (Å²) in [5.41, 5.74) is 5.15. The van der Waals surface area contributed by atoms with Crippen molar-refractivity contribution in [1.82, 2.24) is 4.90 Å². The van der Waals surface area contributed by atoms with Gasteiger partial charge < -0.3 is 20.2 Å². The first-order valence-corrected chi connectivity index (χ1v) is 45.3. The van der Waals surface area contributed by atoms with Crippen molar-refractivity contribution in [3.8, 4) is 0 Å². The molecule has 0 saturated heterocycles. The fourth-order valence-corrected chi connectivity index (χ4v) is 19.3. The summed E-state index contributed by atoms with van der Waals surface area (Å²) >= 11 is -0.944. The van der Waals surface area contributed by atoms with Crippen molar-refractivity contribution in [2.75, 3.05) is 54.6 Å². The first kappa shape index (κ1) is 70.1. The molecular formula is C71H75Cl4N3OP4Pt2. The maximum Gasteiger partial charge on any atom is 0.0463 e. The molecule has 0 radical (unpaired) electrons. The molecule has 448 valence electrons. The molecule has 0 aliphatic heterocycles. The van der Waals surface area contributed by atoms with Gasteiger partial charge in [0.1, 0.15) is 0 Å². The number of benzene rings is 10. The molecule has 14 heteroatoms. The summed E-state index contributed by atoms with van der Waals surface area (Å²) in [4.78, 5) is 7.74. The Kier molecular flexibility index (Phi) is 33.4. The molecule has 4 nitrogen and oxygen atoms in total. The number of nitrogens with zero attached hydrogens (tertiary/aromatic N) is 3. The zero-order valence-corrected chi connectivity index (χ0v) is 59.3. The Labute approximate surface area is 545 Å². The molecule has 2 N–H and O–H groups in total. The van der Waals surface area contributed by atoms with Crippen LogP contribution in [0.4, 0.5) is 11.4 Å². The van der Waals surface area contributed by atoms with Crippen LogP contribution in [0.5, 0.6) is 0 Å². The van der Waals surface area contributed by atoms with E-state index in [1.165, 1.54) is 84.6 Å². The summed E-state index contributed by atoms with van der Waals surface area (Å²) in [5, 5.41) is 11.2. The Hall–Kier alpha value is -4.02. The van der Waals surface area contributed by atoms with Crippen molar-refractivity contribution < 1.29 is 38.4 Å². The Morgan fingerprint density at radius 1 is 0.271 bits per heavy atom. The van der Waals surface area contributed by atoms with Crippen molar-refractivity contribution in [3.63, 3.8) is 0 Å². The van der Waals surface area contributed by atoms with Crippen LogP contribution in [-0.2, 0) is 39.4 Å². The van der Waals surface area contributed by atoms with Gasteiger partial charge >= 0.3 is 70.6 Å². The topological polar surface area (TPSA) is 41.2 Å². The summed E-state index contributed by atoms with van der Waals surface area (Å²) in [6, 6.07) is 108. The number of halogens is 4. The molecule has 0 saturated carbocycles. The van der Waals surface area contributed by atoms with Gasteiger partial charge in [0.2, 0.25) is 0 Å². The van der Waals surface area contributed by atoms with E-state index in [-0.39, 0.29) is 5.48 Å². The standard InChI is InChI=1S/C65H58N2P4.C6H15N.4ClH.H2O.2Pt/c1-9-25-58(26-10-1)68(59-27-11-2-12-28-59)50-66(51-69(60-29-13-3-14-30-60)61-31-15-4-16-32-61)56-45-41-54(42-46-56)49-55-43-47-57(48-44-55)67(52-70(62-33-17-5-18-34-62)63-35-19-6-20-36-63)53-71(64-37-21-7-22-38-64)65-39-23-8-24-40-65;1-4-7(5-2)6-3;;;;;;;/h1-48H,49-53H2;4-6H2,1-3H3;4*1H;1H2;;/q;;;;;;;2*+2/p-4. The van der Waals surface area contributed by atoms with Gasteiger partial charge in [-0.2, -0.15) is 0 Å². The van der Waals surface area contributed by atoms with Gasteiger partial charge in [0, 0.05) is 36.5 Å². The first-order valence-electron chi connectivity index (χ1n) is 27.9. The van der Waals surface area contributed by atoms with E-state index in [9.17, 15) is 0 Å². The van der Waals surface area contributed by atoms with Crippen LogP contribution >= 0.6 is 69.4 Å². The quantitative estimate of drug-likeness (QED) is 0.0599. The minimum atomic E-state index is -0.669. The van der Waals surface area contributed by atoms with Crippen molar-refractivity contribution in [3.05, 3.63) is 302 Å². The molecule has 0 unspecified atom stereocenters. The second-order valence-electron chi connectivity index (χ2n) is 19.3. The predicted octanol–water partition coefficient (Wildman–Crippen LogP) is 16.5. The molecule has 10 rings (SSSR count). The van der Waals surface area contributed by atoms with Crippen molar-refractivity contribution in [1.29, 1.82) is 0 Å². The zero-order chi connectivity index (χ0) is 59.0. The van der Waals surface area contributed by atoms with Gasteiger partial charge in [-0.15, -0.1) is 0 Å². The number of hydrogen-bond donors (Lipinski definition) is 0. The Morgan fingerprint density at radius 3 is 0.576 bits per heavy atom. The third kappa shape index (κ3) is 22.8. The summed E-state index contributed by atoms with van der Waals surface area (Å²) < 4.78 is 0. The largest absolute Gasteiger partial charge is 0.362 e. The molecule has 10 aromatic carbocycles. The normalized spacial score (nSPS) is 10.8. The van der Waals surface area contributed by atoms with Crippen LogP contribution in [0.2, 0.25) is 0 Å². The fraction of sp³-hybridized carbons (Fsp3) is 0.155. The van der Waals surface area contributed by atoms with E-state index in [0.717, 1.165) is 31.6 Å². The molecule has 0 aliphatic rings. The van der Waals surface area contributed by atoms with E-state index >= 15 is 0 Å². The van der Waals surface area contributed by atoms with E-state index in [1.807, 2.05) is 0 Å². The Bertz CT molecular complexity index is 2740. The van der Waals surface area contributed by atoms with Crippen LogP contribution in [0.3, 0.4) is 0 Å². The van der Waals surface area contributed by atoms with E-state index in [1.54, 1.807) is 0 Å². The molecule has 0 fully saturated rings. The van der Waals surface area contributed by atoms with Crippen LogP contribution < -0.4 is 52.2 Å². The minimum absolute atomic E-state index is 0. The second-order valence-corrected chi connectivity index (χ2v) is 34.5. The van der Waals surface area contributed by atoms with E-state index in [4.69, 9.17) is 37.7 Å². The maximum absolute atomic E-state index is 4.88. The summed E-state index contributed by atoms with van der Waals surface area (Å²) in [5.74, 6) is 0. The number of anilines is 2. The first-order chi connectivity index (χ1) is 41.4. The van der Waals surface area contributed by atoms with E-state index in [2.05, 4.69) is 327 Å². The molecule has 10 aromatic rings. The maximum atomic E-state index is 4.88. The number of rotatable bonds is 23. The predicted molar refractivity (Wildman–Crippen MR) is 377 cm³/mol. The summed E-state index contributed by atoms with van der Waals surface area (Å²) in [6.45, 7) is 10.1. The molecule has 0 atom stereocenters. The fourth-order valence-electron chi connectivity index (χ4n) is 9.77. The van der Waals surface area contributed by atoms with Gasteiger partial charge in [-0.25, -0.2) is 0 Å². The van der Waals surface area contributed by atoms with Gasteiger partial charge in [0.15, 0.2) is 0 Å². The van der Waals surface area contributed by atoms with Crippen molar-refractivity contribution >= 4 is 123 Å². The average molecular weight is 1640 g/mol. The Morgan fingerprint density at radius 2 is 0.435 bits per heavy atom. The average Bonchev–Trinajstić information content (AvgIpc) is 3.70. The van der Waals surface area contributed by atoms with Crippen LogP contribution in [0.1, 0.15) is 31.9 Å². The third-order valence-electron chi connectivity index (χ3n) is 14.1. The zero-order valence-electron chi connectivity index (χ0n) is 48.1. The van der Waals surface area contributed by atoms with Crippen molar-refractivity contribution in [2.24, 2.45) is 0 Å². The molecule has 0 bridgehead atoms. The van der Waals surface area contributed by atoms with Crippen LogP contribution in [0.25, 0.3) is 0 Å². The summed E-state index contributed by atoms with van der Waals surface area (Å²) in [6.07, 6.45) is 4.56. The molecular weight excluding hydrogens is 1570 g/mol. The van der Waals surface area contributed by atoms with Gasteiger partial charge in [-0.1, -0.05) is 288 Å². The van der Waals surface area contributed by atoms with Gasteiger partial charge in [-0.3, -0.25) is 0 Å². The van der Waals surface area contributed by atoms with Gasteiger partial charge in [0.25, 0.3) is 0 Å². The monoisotopic (exact) mass is 1640 g/mol. The molecule has 85 heavy (non-hydrogen) atoms. The van der Waals surface area contributed by atoms with Crippen LogP contribution in [0.15, 0.2) is 291 Å². The molecule has 0 spiro atoms. The van der Waals surface area contributed by atoms with E-state index < -0.39 is 64.6 Å².